The molecule has 0 radical (unpaired) electrons. The van der Waals surface area contributed by atoms with Crippen LogP contribution in [0.5, 0.6) is 5.75 Å². The van der Waals surface area contributed by atoms with E-state index >= 15 is 0 Å². The van der Waals surface area contributed by atoms with Gasteiger partial charge in [0.05, 0.1) is 0 Å². The van der Waals surface area contributed by atoms with Gasteiger partial charge in [-0.15, -0.1) is 0 Å². The summed E-state index contributed by atoms with van der Waals surface area (Å²) in [6.45, 7) is 0.113. The number of carbonyl (C=O) groups excluding carboxylic acids is 1. The lowest BCUT2D eigenvalue weighted by molar-refractivity contribution is -0.133. The van der Waals surface area contributed by atoms with Crippen LogP contribution in [0.3, 0.4) is 0 Å². The standard InChI is InChI=1S/C18H16FNO3/c1-12(21)20-17-16(13-7-3-2-4-8-13)14-9-5-6-10-15(14)23-18(17,22)11-19/h2-10,22H,11H2,1H3,(H,20,21). The van der Waals surface area contributed by atoms with Crippen LogP contribution in [0, 0.1) is 0 Å². The van der Waals surface area contributed by atoms with E-state index in [4.69, 9.17) is 4.74 Å². The van der Waals surface area contributed by atoms with Crippen molar-refractivity contribution in [2.75, 3.05) is 6.67 Å². The molecule has 2 N–H and O–H groups in total. The molecule has 1 aliphatic heterocycles. The summed E-state index contributed by atoms with van der Waals surface area (Å²) in [4.78, 5) is 11.6. The first-order valence-electron chi connectivity index (χ1n) is 7.19. The quantitative estimate of drug-likeness (QED) is 0.916. The molecular formula is C18H16FNO3. The second-order valence-corrected chi connectivity index (χ2v) is 5.31. The number of benzene rings is 2. The Morgan fingerprint density at radius 3 is 2.48 bits per heavy atom. The fourth-order valence-corrected chi connectivity index (χ4v) is 2.66. The smallest absolute Gasteiger partial charge is 0.279 e. The van der Waals surface area contributed by atoms with E-state index in [0.29, 0.717) is 16.9 Å². The number of aliphatic hydroxyl groups is 1. The molecule has 4 nitrogen and oxygen atoms in total. The third kappa shape index (κ3) is 2.71. The summed E-state index contributed by atoms with van der Waals surface area (Å²) in [6, 6.07) is 16.2. The van der Waals surface area contributed by atoms with Crippen LogP contribution in [-0.2, 0) is 4.79 Å². The van der Waals surface area contributed by atoms with Gasteiger partial charge in [-0.1, -0.05) is 48.5 Å². The van der Waals surface area contributed by atoms with Crippen LogP contribution >= 0.6 is 0 Å². The highest BCUT2D eigenvalue weighted by molar-refractivity contribution is 5.89. The first kappa shape index (κ1) is 15.2. The number of para-hydroxylation sites is 1. The third-order valence-electron chi connectivity index (χ3n) is 3.62. The van der Waals surface area contributed by atoms with Crippen molar-refractivity contribution in [1.82, 2.24) is 5.32 Å². The molecule has 1 heterocycles. The molecule has 0 saturated carbocycles. The minimum Gasteiger partial charge on any atom is -0.453 e. The summed E-state index contributed by atoms with van der Waals surface area (Å²) in [6.07, 6.45) is 0. The molecule has 23 heavy (non-hydrogen) atoms. The lowest BCUT2D eigenvalue weighted by atomic mass is 9.90. The first-order valence-corrected chi connectivity index (χ1v) is 7.19. The molecule has 2 aromatic carbocycles. The van der Waals surface area contributed by atoms with Crippen molar-refractivity contribution in [3.05, 3.63) is 71.4 Å². The number of halogens is 1. The second-order valence-electron chi connectivity index (χ2n) is 5.31. The predicted octanol–water partition coefficient (Wildman–Crippen LogP) is 2.63. The zero-order valence-corrected chi connectivity index (χ0v) is 12.5. The van der Waals surface area contributed by atoms with Gasteiger partial charge in [0.1, 0.15) is 11.4 Å². The SMILES string of the molecule is CC(=O)NC1=C(c2ccccc2)c2ccccc2OC1(O)CF. The van der Waals surface area contributed by atoms with Crippen molar-refractivity contribution in [1.29, 1.82) is 0 Å². The highest BCUT2D eigenvalue weighted by atomic mass is 19.1. The van der Waals surface area contributed by atoms with Crippen LogP contribution in [0.25, 0.3) is 5.57 Å². The monoisotopic (exact) mass is 313 g/mol. The Morgan fingerprint density at radius 1 is 1.17 bits per heavy atom. The van der Waals surface area contributed by atoms with Crippen molar-refractivity contribution in [3.8, 4) is 5.75 Å². The topological polar surface area (TPSA) is 58.6 Å². The maximum Gasteiger partial charge on any atom is 0.279 e. The molecule has 3 rings (SSSR count). The second kappa shape index (κ2) is 5.85. The number of carbonyl (C=O) groups is 1. The molecule has 0 aromatic heterocycles. The summed E-state index contributed by atoms with van der Waals surface area (Å²) in [7, 11) is 0. The zero-order chi connectivity index (χ0) is 16.4. The zero-order valence-electron chi connectivity index (χ0n) is 12.5. The fourth-order valence-electron chi connectivity index (χ4n) is 2.66. The van der Waals surface area contributed by atoms with Gasteiger partial charge in [0.15, 0.2) is 6.67 Å². The van der Waals surface area contributed by atoms with Crippen LogP contribution in [-0.4, -0.2) is 23.5 Å². The highest BCUT2D eigenvalue weighted by Crippen LogP contribution is 2.42. The largest absolute Gasteiger partial charge is 0.453 e. The van der Waals surface area contributed by atoms with E-state index in [1.165, 1.54) is 6.92 Å². The molecule has 1 atom stereocenters. The summed E-state index contributed by atoms with van der Waals surface area (Å²) in [5, 5.41) is 13.1. The number of hydrogen-bond donors (Lipinski definition) is 2. The van der Waals surface area contributed by atoms with Gasteiger partial charge in [0.25, 0.3) is 5.79 Å². The number of hydrogen-bond acceptors (Lipinski definition) is 3. The molecule has 1 aliphatic rings. The normalized spacial score (nSPS) is 19.8. The molecule has 0 aliphatic carbocycles. The van der Waals surface area contributed by atoms with Crippen LogP contribution in [0.15, 0.2) is 60.3 Å². The first-order chi connectivity index (χ1) is 11.0. The predicted molar refractivity (Wildman–Crippen MR) is 84.3 cm³/mol. The Labute approximate surface area is 133 Å². The van der Waals surface area contributed by atoms with Gasteiger partial charge in [-0.2, -0.15) is 0 Å². The van der Waals surface area contributed by atoms with E-state index < -0.39 is 18.4 Å². The molecule has 1 unspecified atom stereocenters. The lowest BCUT2D eigenvalue weighted by Gasteiger charge is -2.36. The number of rotatable bonds is 3. The van der Waals surface area contributed by atoms with Crippen LogP contribution in [0.2, 0.25) is 0 Å². The van der Waals surface area contributed by atoms with E-state index in [1.807, 2.05) is 36.4 Å². The fraction of sp³-hybridized carbons (Fsp3) is 0.167. The Hall–Kier alpha value is -2.66. The van der Waals surface area contributed by atoms with E-state index in [2.05, 4.69) is 5.32 Å². The number of ether oxygens (including phenoxy) is 1. The number of alkyl halides is 1. The van der Waals surface area contributed by atoms with E-state index in [-0.39, 0.29) is 5.70 Å². The van der Waals surface area contributed by atoms with Gasteiger partial charge < -0.3 is 15.2 Å². The average Bonchev–Trinajstić information content (AvgIpc) is 2.56. The van der Waals surface area contributed by atoms with Crippen molar-refractivity contribution >= 4 is 11.5 Å². The van der Waals surface area contributed by atoms with Gasteiger partial charge in [0, 0.05) is 18.1 Å². The van der Waals surface area contributed by atoms with Crippen molar-refractivity contribution < 1.29 is 19.0 Å². The van der Waals surface area contributed by atoms with Crippen molar-refractivity contribution in [3.63, 3.8) is 0 Å². The Bertz CT molecular complexity index is 773. The molecule has 2 aromatic rings. The molecule has 0 saturated heterocycles. The third-order valence-corrected chi connectivity index (χ3v) is 3.62. The highest BCUT2D eigenvalue weighted by Gasteiger charge is 2.42. The summed E-state index contributed by atoms with van der Waals surface area (Å²) in [5.74, 6) is -2.28. The molecule has 0 fully saturated rings. The molecule has 0 bridgehead atoms. The van der Waals surface area contributed by atoms with Gasteiger partial charge in [0.2, 0.25) is 5.91 Å². The minimum absolute atomic E-state index is 0.0115. The number of fused-ring (bicyclic) bond motifs is 1. The van der Waals surface area contributed by atoms with Crippen molar-refractivity contribution in [2.45, 2.75) is 12.7 Å². The maximum atomic E-state index is 13.6. The molecule has 5 heteroatoms. The summed E-state index contributed by atoms with van der Waals surface area (Å²) in [5.41, 5.74) is 1.99. The molecule has 0 spiro atoms. The Kier molecular flexibility index (Phi) is 3.88. The van der Waals surface area contributed by atoms with Crippen LogP contribution in [0.1, 0.15) is 18.1 Å². The number of nitrogens with one attached hydrogen (secondary N) is 1. The lowest BCUT2D eigenvalue weighted by Crippen LogP contribution is -2.49. The van der Waals surface area contributed by atoms with Gasteiger partial charge >= 0.3 is 0 Å². The Morgan fingerprint density at radius 2 is 1.83 bits per heavy atom. The average molecular weight is 313 g/mol. The van der Waals surface area contributed by atoms with E-state index in [9.17, 15) is 14.3 Å². The molecular weight excluding hydrogens is 297 g/mol. The molecule has 118 valence electrons. The maximum absolute atomic E-state index is 13.6. The van der Waals surface area contributed by atoms with Gasteiger partial charge in [-0.3, -0.25) is 4.79 Å². The van der Waals surface area contributed by atoms with E-state index in [0.717, 1.165) is 5.56 Å². The van der Waals surface area contributed by atoms with Crippen LogP contribution in [0.4, 0.5) is 4.39 Å². The van der Waals surface area contributed by atoms with Gasteiger partial charge in [-0.05, 0) is 11.6 Å². The van der Waals surface area contributed by atoms with Gasteiger partial charge in [-0.25, -0.2) is 4.39 Å². The Balaban J connectivity index is 2.32. The number of amides is 1. The minimum atomic E-state index is -2.23. The molecule has 1 amide bonds. The van der Waals surface area contributed by atoms with Crippen LogP contribution < -0.4 is 10.1 Å². The summed E-state index contributed by atoms with van der Waals surface area (Å²) < 4.78 is 19.0. The summed E-state index contributed by atoms with van der Waals surface area (Å²) >= 11 is 0. The van der Waals surface area contributed by atoms with E-state index in [1.54, 1.807) is 18.2 Å². The van der Waals surface area contributed by atoms with Crippen molar-refractivity contribution in [2.24, 2.45) is 0 Å².